The Morgan fingerprint density at radius 2 is 1.91 bits per heavy atom. The number of hydrogen-bond donors (Lipinski definition) is 1. The van der Waals surface area contributed by atoms with E-state index >= 15 is 0 Å². The van der Waals surface area contributed by atoms with Crippen molar-refractivity contribution in [1.29, 1.82) is 0 Å². The van der Waals surface area contributed by atoms with Crippen LogP contribution in [-0.4, -0.2) is 40.0 Å². The number of likely N-dealkylation sites (tertiary alicyclic amines) is 1. The number of aryl methyl sites for hydroxylation is 2. The minimum Gasteiger partial charge on any atom is -0.367 e. The third-order valence-electron chi connectivity index (χ3n) is 5.95. The van der Waals surface area contributed by atoms with E-state index in [2.05, 4.69) is 20.2 Å². The SMILES string of the molecule is c1nc(N[C@H]2CC[C@@H](N3CCC3)CC2)c2c3c(sc2n1)CCC3. The Kier molecular flexibility index (Phi) is 3.52. The Labute approximate surface area is 141 Å². The smallest absolute Gasteiger partial charge is 0.138 e. The molecule has 2 aliphatic carbocycles. The van der Waals surface area contributed by atoms with Crippen molar-refractivity contribution in [3.05, 3.63) is 16.8 Å². The van der Waals surface area contributed by atoms with Gasteiger partial charge in [-0.1, -0.05) is 0 Å². The monoisotopic (exact) mass is 328 g/mol. The maximum atomic E-state index is 4.61. The molecule has 4 nitrogen and oxygen atoms in total. The summed E-state index contributed by atoms with van der Waals surface area (Å²) in [5.41, 5.74) is 1.53. The molecule has 3 aliphatic rings. The molecule has 0 amide bonds. The van der Waals surface area contributed by atoms with Gasteiger partial charge in [0, 0.05) is 17.0 Å². The second-order valence-electron chi connectivity index (χ2n) is 7.30. The summed E-state index contributed by atoms with van der Waals surface area (Å²) in [5, 5.41) is 5.10. The molecule has 0 radical (unpaired) electrons. The van der Waals surface area contributed by atoms with Gasteiger partial charge in [0.1, 0.15) is 17.0 Å². The van der Waals surface area contributed by atoms with E-state index in [4.69, 9.17) is 0 Å². The van der Waals surface area contributed by atoms with Gasteiger partial charge < -0.3 is 10.2 Å². The summed E-state index contributed by atoms with van der Waals surface area (Å²) < 4.78 is 0. The Hall–Kier alpha value is -1.20. The third kappa shape index (κ3) is 2.45. The van der Waals surface area contributed by atoms with E-state index in [1.165, 1.54) is 80.2 Å². The molecular weight excluding hydrogens is 304 g/mol. The summed E-state index contributed by atoms with van der Waals surface area (Å²) in [4.78, 5) is 14.5. The predicted molar refractivity (Wildman–Crippen MR) is 95.3 cm³/mol. The highest BCUT2D eigenvalue weighted by atomic mass is 32.1. The van der Waals surface area contributed by atoms with Crippen LogP contribution in [0.15, 0.2) is 6.33 Å². The van der Waals surface area contributed by atoms with Crippen molar-refractivity contribution < 1.29 is 0 Å². The van der Waals surface area contributed by atoms with Crippen molar-refractivity contribution in [2.75, 3.05) is 18.4 Å². The fourth-order valence-corrected chi connectivity index (χ4v) is 5.75. The van der Waals surface area contributed by atoms with Gasteiger partial charge in [-0.15, -0.1) is 11.3 Å². The van der Waals surface area contributed by atoms with Gasteiger partial charge in [0.05, 0.1) is 5.39 Å². The van der Waals surface area contributed by atoms with Crippen LogP contribution < -0.4 is 5.32 Å². The number of rotatable bonds is 3. The van der Waals surface area contributed by atoms with E-state index in [-0.39, 0.29) is 0 Å². The van der Waals surface area contributed by atoms with Gasteiger partial charge in [-0.25, -0.2) is 9.97 Å². The molecule has 0 atom stereocenters. The zero-order chi connectivity index (χ0) is 15.2. The summed E-state index contributed by atoms with van der Waals surface area (Å²) in [6, 6.07) is 1.43. The van der Waals surface area contributed by atoms with Crippen LogP contribution in [-0.2, 0) is 12.8 Å². The van der Waals surface area contributed by atoms with Gasteiger partial charge >= 0.3 is 0 Å². The van der Waals surface area contributed by atoms with Crippen LogP contribution in [0.1, 0.15) is 49.0 Å². The van der Waals surface area contributed by atoms with Crippen LogP contribution in [0.4, 0.5) is 5.82 Å². The van der Waals surface area contributed by atoms with E-state index in [1.807, 2.05) is 11.3 Å². The molecule has 5 heteroatoms. The molecule has 0 bridgehead atoms. The molecule has 2 fully saturated rings. The average molecular weight is 328 g/mol. The molecular formula is C18H24N4S. The summed E-state index contributed by atoms with van der Waals surface area (Å²) in [6.07, 6.45) is 12.1. The van der Waals surface area contributed by atoms with Gasteiger partial charge in [-0.3, -0.25) is 0 Å². The highest BCUT2D eigenvalue weighted by Crippen LogP contribution is 2.39. The molecule has 122 valence electrons. The van der Waals surface area contributed by atoms with Crippen LogP contribution in [0, 0.1) is 0 Å². The number of nitrogens with zero attached hydrogens (tertiary/aromatic N) is 3. The third-order valence-corrected chi connectivity index (χ3v) is 7.15. The molecule has 2 aromatic rings. The lowest BCUT2D eigenvalue weighted by Crippen LogP contribution is -2.47. The highest BCUT2D eigenvalue weighted by molar-refractivity contribution is 7.19. The maximum absolute atomic E-state index is 4.61. The molecule has 0 aromatic carbocycles. The first kappa shape index (κ1) is 14.2. The predicted octanol–water partition coefficient (Wildman–Crippen LogP) is 3.61. The van der Waals surface area contributed by atoms with Crippen molar-refractivity contribution in [3.8, 4) is 0 Å². The zero-order valence-corrected chi connectivity index (χ0v) is 14.4. The molecule has 0 unspecified atom stereocenters. The quantitative estimate of drug-likeness (QED) is 0.934. The number of anilines is 1. The standard InChI is InChI=1S/C18H24N4S/c1-3-14-15(4-1)23-18-16(14)17(19-11-20-18)21-12-5-7-13(8-6-12)22-9-2-10-22/h11-13H,1-10H2,(H,19,20,21)/t12-,13+. The van der Waals surface area contributed by atoms with Gasteiger partial charge in [0.2, 0.25) is 0 Å². The van der Waals surface area contributed by atoms with E-state index < -0.39 is 0 Å². The molecule has 5 rings (SSSR count). The van der Waals surface area contributed by atoms with E-state index in [9.17, 15) is 0 Å². The summed E-state index contributed by atoms with van der Waals surface area (Å²) in [6.45, 7) is 2.66. The number of nitrogens with one attached hydrogen (secondary N) is 1. The van der Waals surface area contributed by atoms with Crippen LogP contribution in [0.25, 0.3) is 10.2 Å². The van der Waals surface area contributed by atoms with E-state index in [0.29, 0.717) is 6.04 Å². The fraction of sp³-hybridized carbons (Fsp3) is 0.667. The molecule has 1 N–H and O–H groups in total. The fourth-order valence-electron chi connectivity index (χ4n) is 4.52. The Morgan fingerprint density at radius 1 is 1.04 bits per heavy atom. The lowest BCUT2D eigenvalue weighted by Gasteiger charge is -2.42. The first-order chi connectivity index (χ1) is 11.4. The second kappa shape index (κ2) is 5.71. The van der Waals surface area contributed by atoms with Gasteiger partial charge in [0.25, 0.3) is 0 Å². The largest absolute Gasteiger partial charge is 0.367 e. The van der Waals surface area contributed by atoms with Crippen LogP contribution in [0.2, 0.25) is 0 Å². The first-order valence-electron chi connectivity index (χ1n) is 9.14. The summed E-state index contributed by atoms with van der Waals surface area (Å²) in [7, 11) is 0. The van der Waals surface area contributed by atoms with Crippen molar-refractivity contribution in [3.63, 3.8) is 0 Å². The number of hydrogen-bond acceptors (Lipinski definition) is 5. The maximum Gasteiger partial charge on any atom is 0.138 e. The molecule has 2 aromatic heterocycles. The zero-order valence-electron chi connectivity index (χ0n) is 13.6. The van der Waals surface area contributed by atoms with Crippen molar-refractivity contribution in [2.45, 2.75) is 63.5 Å². The molecule has 1 saturated carbocycles. The topological polar surface area (TPSA) is 41.1 Å². The van der Waals surface area contributed by atoms with E-state index in [1.54, 1.807) is 11.2 Å². The van der Waals surface area contributed by atoms with Gasteiger partial charge in [0.15, 0.2) is 0 Å². The minimum absolute atomic E-state index is 0.586. The summed E-state index contributed by atoms with van der Waals surface area (Å²) >= 11 is 1.88. The molecule has 3 heterocycles. The lowest BCUT2D eigenvalue weighted by molar-refractivity contribution is 0.0889. The minimum atomic E-state index is 0.586. The Bertz CT molecular complexity index is 713. The average Bonchev–Trinajstić information content (AvgIpc) is 3.08. The van der Waals surface area contributed by atoms with Crippen molar-refractivity contribution in [1.82, 2.24) is 14.9 Å². The highest BCUT2D eigenvalue weighted by Gasteiger charge is 2.29. The Balaban J connectivity index is 1.34. The molecule has 23 heavy (non-hydrogen) atoms. The first-order valence-corrected chi connectivity index (χ1v) is 9.96. The molecule has 1 saturated heterocycles. The molecule has 0 spiro atoms. The normalized spacial score (nSPS) is 27.8. The second-order valence-corrected chi connectivity index (χ2v) is 8.38. The number of thiophene rings is 1. The lowest BCUT2D eigenvalue weighted by atomic mass is 9.88. The van der Waals surface area contributed by atoms with Crippen LogP contribution >= 0.6 is 11.3 Å². The van der Waals surface area contributed by atoms with Crippen molar-refractivity contribution in [2.24, 2.45) is 0 Å². The number of fused-ring (bicyclic) bond motifs is 3. The van der Waals surface area contributed by atoms with Crippen LogP contribution in [0.3, 0.4) is 0 Å². The van der Waals surface area contributed by atoms with Gasteiger partial charge in [-0.05, 0) is 70.0 Å². The molecule has 1 aliphatic heterocycles. The van der Waals surface area contributed by atoms with Crippen molar-refractivity contribution >= 4 is 27.4 Å². The summed E-state index contributed by atoms with van der Waals surface area (Å²) in [5.74, 6) is 1.10. The van der Waals surface area contributed by atoms with Crippen LogP contribution in [0.5, 0.6) is 0 Å². The number of aromatic nitrogens is 2. The Morgan fingerprint density at radius 3 is 2.70 bits per heavy atom. The van der Waals surface area contributed by atoms with Gasteiger partial charge in [-0.2, -0.15) is 0 Å². The van der Waals surface area contributed by atoms with E-state index in [0.717, 1.165) is 11.9 Å².